The number of amides is 2. The Kier molecular flexibility index (Phi) is 6.02. The van der Waals surface area contributed by atoms with Gasteiger partial charge in [0.25, 0.3) is 0 Å². The summed E-state index contributed by atoms with van der Waals surface area (Å²) in [5.74, 6) is -0.665. The second-order valence-corrected chi connectivity index (χ2v) is 7.99. The molecule has 2 aromatic carbocycles. The third kappa shape index (κ3) is 4.71. The molecular formula is C23H29N3O2. The van der Waals surface area contributed by atoms with Gasteiger partial charge in [0.2, 0.25) is 11.8 Å². The average molecular weight is 380 g/mol. The van der Waals surface area contributed by atoms with E-state index >= 15 is 0 Å². The van der Waals surface area contributed by atoms with E-state index in [-0.39, 0.29) is 11.8 Å². The largest absolute Gasteiger partial charge is 0.372 e. The summed E-state index contributed by atoms with van der Waals surface area (Å²) in [6, 6.07) is 15.4. The molecule has 3 rings (SSSR count). The highest BCUT2D eigenvalue weighted by Crippen LogP contribution is 2.25. The summed E-state index contributed by atoms with van der Waals surface area (Å²) in [7, 11) is 0. The fraction of sp³-hybridized carbons (Fsp3) is 0.391. The average Bonchev–Trinajstić information content (AvgIpc) is 2.71. The summed E-state index contributed by atoms with van der Waals surface area (Å²) in [4.78, 5) is 27.7. The van der Waals surface area contributed by atoms with E-state index < -0.39 is 5.41 Å². The summed E-state index contributed by atoms with van der Waals surface area (Å²) < 4.78 is 0. The molecule has 0 radical (unpaired) electrons. The topological polar surface area (TPSA) is 61.4 Å². The van der Waals surface area contributed by atoms with Crippen molar-refractivity contribution in [3.63, 3.8) is 0 Å². The predicted octanol–water partition coefficient (Wildman–Crippen LogP) is 4.59. The van der Waals surface area contributed by atoms with Gasteiger partial charge >= 0.3 is 0 Å². The van der Waals surface area contributed by atoms with Crippen molar-refractivity contribution in [1.29, 1.82) is 0 Å². The van der Waals surface area contributed by atoms with Crippen molar-refractivity contribution < 1.29 is 9.59 Å². The van der Waals surface area contributed by atoms with Crippen molar-refractivity contribution in [2.75, 3.05) is 28.6 Å². The van der Waals surface area contributed by atoms with Gasteiger partial charge in [0.1, 0.15) is 5.41 Å². The lowest BCUT2D eigenvalue weighted by Gasteiger charge is -2.29. The molecule has 0 atom stereocenters. The minimum absolute atomic E-state index is 0.331. The molecule has 2 aromatic rings. The van der Waals surface area contributed by atoms with Gasteiger partial charge in [-0.1, -0.05) is 17.7 Å². The molecule has 0 aromatic heterocycles. The van der Waals surface area contributed by atoms with Gasteiger partial charge in [-0.15, -0.1) is 0 Å². The first-order valence-electron chi connectivity index (χ1n) is 9.91. The molecular weight excluding hydrogens is 350 g/mol. The maximum absolute atomic E-state index is 12.7. The summed E-state index contributed by atoms with van der Waals surface area (Å²) in [5.41, 5.74) is 2.47. The number of piperidine rings is 1. The van der Waals surface area contributed by atoms with Crippen LogP contribution in [0.15, 0.2) is 48.5 Å². The van der Waals surface area contributed by atoms with Gasteiger partial charge in [-0.05, 0) is 76.4 Å². The Bertz CT molecular complexity index is 820. The molecule has 1 aliphatic rings. The van der Waals surface area contributed by atoms with Crippen LogP contribution < -0.4 is 15.5 Å². The van der Waals surface area contributed by atoms with Gasteiger partial charge in [0.15, 0.2) is 0 Å². The molecule has 2 amide bonds. The monoisotopic (exact) mass is 379 g/mol. The zero-order valence-corrected chi connectivity index (χ0v) is 16.9. The van der Waals surface area contributed by atoms with E-state index in [0.717, 1.165) is 18.7 Å². The van der Waals surface area contributed by atoms with Gasteiger partial charge in [0, 0.05) is 30.2 Å². The lowest BCUT2D eigenvalue weighted by Crippen LogP contribution is -2.41. The minimum atomic E-state index is -1.20. The quantitative estimate of drug-likeness (QED) is 0.747. The van der Waals surface area contributed by atoms with Crippen molar-refractivity contribution in [3.8, 4) is 0 Å². The van der Waals surface area contributed by atoms with Crippen LogP contribution in [0, 0.1) is 12.3 Å². The number of anilines is 3. The smallest absolute Gasteiger partial charge is 0.239 e. The van der Waals surface area contributed by atoms with E-state index in [1.54, 1.807) is 13.8 Å². The van der Waals surface area contributed by atoms with Gasteiger partial charge in [-0.3, -0.25) is 9.59 Å². The molecule has 2 N–H and O–H groups in total. The fourth-order valence-electron chi connectivity index (χ4n) is 3.22. The lowest BCUT2D eigenvalue weighted by molar-refractivity contribution is -0.135. The van der Waals surface area contributed by atoms with Crippen LogP contribution in [0.3, 0.4) is 0 Å². The van der Waals surface area contributed by atoms with Crippen molar-refractivity contribution in [3.05, 3.63) is 54.1 Å². The van der Waals surface area contributed by atoms with Gasteiger partial charge in [-0.2, -0.15) is 0 Å². The molecule has 148 valence electrons. The number of hydrogen-bond acceptors (Lipinski definition) is 3. The summed E-state index contributed by atoms with van der Waals surface area (Å²) in [5, 5.41) is 5.69. The number of carbonyl (C=O) groups is 2. The Hall–Kier alpha value is -2.82. The Morgan fingerprint density at radius 1 is 0.786 bits per heavy atom. The van der Waals surface area contributed by atoms with Crippen LogP contribution in [0.1, 0.15) is 38.7 Å². The predicted molar refractivity (Wildman–Crippen MR) is 115 cm³/mol. The first-order chi connectivity index (χ1) is 13.4. The molecule has 0 saturated carbocycles. The third-order valence-electron chi connectivity index (χ3n) is 5.29. The van der Waals surface area contributed by atoms with E-state index in [2.05, 4.69) is 15.5 Å². The maximum atomic E-state index is 12.7. The number of aryl methyl sites for hydroxylation is 1. The van der Waals surface area contributed by atoms with Crippen molar-refractivity contribution in [2.24, 2.45) is 5.41 Å². The molecule has 0 unspecified atom stereocenters. The van der Waals surface area contributed by atoms with E-state index in [9.17, 15) is 9.59 Å². The highest BCUT2D eigenvalue weighted by atomic mass is 16.2. The van der Waals surface area contributed by atoms with E-state index in [0.29, 0.717) is 11.4 Å². The number of nitrogens with zero attached hydrogens (tertiary/aromatic N) is 1. The van der Waals surface area contributed by atoms with E-state index in [4.69, 9.17) is 0 Å². The Morgan fingerprint density at radius 3 is 1.75 bits per heavy atom. The van der Waals surface area contributed by atoms with Crippen LogP contribution in [-0.2, 0) is 9.59 Å². The van der Waals surface area contributed by atoms with E-state index in [1.807, 2.05) is 55.5 Å². The highest BCUT2D eigenvalue weighted by Gasteiger charge is 2.36. The van der Waals surface area contributed by atoms with Crippen LogP contribution in [0.2, 0.25) is 0 Å². The Morgan fingerprint density at radius 2 is 1.25 bits per heavy atom. The first kappa shape index (κ1) is 19.9. The standard InChI is InChI=1S/C23H29N3O2/c1-17-7-9-18(10-8-17)24-21(27)23(2,3)22(28)25-19-11-13-20(14-12-19)26-15-5-4-6-16-26/h7-14H,4-6,15-16H2,1-3H3,(H,24,27)(H,25,28). The number of carbonyl (C=O) groups excluding carboxylic acids is 2. The summed E-state index contributed by atoms with van der Waals surface area (Å²) in [6.45, 7) is 7.41. The van der Waals surface area contributed by atoms with Crippen LogP contribution in [-0.4, -0.2) is 24.9 Å². The first-order valence-corrected chi connectivity index (χ1v) is 9.91. The number of nitrogens with one attached hydrogen (secondary N) is 2. The zero-order chi connectivity index (χ0) is 20.1. The molecule has 1 aliphatic heterocycles. The zero-order valence-electron chi connectivity index (χ0n) is 16.9. The van der Waals surface area contributed by atoms with Gasteiger partial charge in [-0.25, -0.2) is 0 Å². The van der Waals surface area contributed by atoms with Crippen LogP contribution >= 0.6 is 0 Å². The Balaban J connectivity index is 1.61. The highest BCUT2D eigenvalue weighted by molar-refractivity contribution is 6.14. The maximum Gasteiger partial charge on any atom is 0.239 e. The van der Waals surface area contributed by atoms with Gasteiger partial charge < -0.3 is 15.5 Å². The molecule has 0 bridgehead atoms. The molecule has 0 spiro atoms. The van der Waals surface area contributed by atoms with Crippen LogP contribution in [0.4, 0.5) is 17.1 Å². The minimum Gasteiger partial charge on any atom is -0.372 e. The van der Waals surface area contributed by atoms with Crippen molar-refractivity contribution >= 4 is 28.9 Å². The summed E-state index contributed by atoms with van der Waals surface area (Å²) >= 11 is 0. The van der Waals surface area contributed by atoms with Gasteiger partial charge in [0.05, 0.1) is 0 Å². The molecule has 1 saturated heterocycles. The van der Waals surface area contributed by atoms with Crippen molar-refractivity contribution in [1.82, 2.24) is 0 Å². The molecule has 0 aliphatic carbocycles. The normalized spacial score (nSPS) is 14.5. The molecule has 5 heteroatoms. The second kappa shape index (κ2) is 8.46. The fourth-order valence-corrected chi connectivity index (χ4v) is 3.22. The number of benzene rings is 2. The van der Waals surface area contributed by atoms with Crippen molar-refractivity contribution in [2.45, 2.75) is 40.0 Å². The SMILES string of the molecule is Cc1ccc(NC(=O)C(C)(C)C(=O)Nc2ccc(N3CCCCC3)cc2)cc1. The Labute approximate surface area is 167 Å². The van der Waals surface area contributed by atoms with E-state index in [1.165, 1.54) is 24.9 Å². The van der Waals surface area contributed by atoms with Crippen LogP contribution in [0.25, 0.3) is 0 Å². The number of rotatable bonds is 5. The molecule has 1 heterocycles. The second-order valence-electron chi connectivity index (χ2n) is 7.99. The molecule has 5 nitrogen and oxygen atoms in total. The third-order valence-corrected chi connectivity index (χ3v) is 5.29. The molecule has 28 heavy (non-hydrogen) atoms. The molecule has 1 fully saturated rings. The summed E-state index contributed by atoms with van der Waals surface area (Å²) in [6.07, 6.45) is 3.75. The number of hydrogen-bond donors (Lipinski definition) is 2. The lowest BCUT2D eigenvalue weighted by atomic mass is 9.90. The van der Waals surface area contributed by atoms with Crippen LogP contribution in [0.5, 0.6) is 0 Å².